The first-order valence-corrected chi connectivity index (χ1v) is 8.05. The highest BCUT2D eigenvalue weighted by molar-refractivity contribution is 7.32. The second-order valence-electron chi connectivity index (χ2n) is 4.96. The van der Waals surface area contributed by atoms with Crippen LogP contribution in [0.1, 0.15) is 19.1 Å². The Bertz CT molecular complexity index is 822. The fourth-order valence-corrected chi connectivity index (χ4v) is 2.96. The third-order valence-corrected chi connectivity index (χ3v) is 4.08. The number of rotatable bonds is 4. The van der Waals surface area contributed by atoms with Crippen molar-refractivity contribution in [1.29, 1.82) is 0 Å². The first-order chi connectivity index (χ1) is 10.9. The Labute approximate surface area is 136 Å². The van der Waals surface area contributed by atoms with E-state index >= 15 is 0 Å². The van der Waals surface area contributed by atoms with Gasteiger partial charge in [0.2, 0.25) is 5.28 Å². The molecule has 0 aromatic carbocycles. The number of aromatic nitrogens is 4. The Balaban J connectivity index is 1.90. The molecule has 0 spiro atoms. The predicted molar refractivity (Wildman–Crippen MR) is 81.4 cm³/mol. The van der Waals surface area contributed by atoms with Crippen LogP contribution in [0.5, 0.6) is 0 Å². The number of fused-ring (bicyclic) bond motifs is 1. The van der Waals surface area contributed by atoms with Crippen molar-refractivity contribution in [2.45, 2.75) is 24.7 Å². The van der Waals surface area contributed by atoms with E-state index in [1.54, 1.807) is 4.57 Å². The normalized spacial score (nSPS) is 24.7. The molecule has 0 amide bonds. The highest BCUT2D eigenvalue weighted by atomic mass is 35.5. The Kier molecular flexibility index (Phi) is 4.19. The lowest BCUT2D eigenvalue weighted by Gasteiger charge is -2.21. The lowest BCUT2D eigenvalue weighted by molar-refractivity contribution is -0.0570. The molecular formula is C12H12ClN5O4P+. The minimum absolute atomic E-state index is 0.00132. The molecule has 1 aliphatic rings. The number of nitrogens with two attached hydrogens (primary N) is 1. The standard InChI is InChI=1S/C12H11ClN5O4P/c1-2-12(5-21-23(19)20)4-3-7(22-12)18-6-15-8-9(14)16-11(13)17-10(8)18/h1,6-7H,3-5H2,(H2-,14,16,17,19,20)/p+1. The van der Waals surface area contributed by atoms with Gasteiger partial charge in [0.05, 0.1) is 6.33 Å². The number of imidazole rings is 1. The summed E-state index contributed by atoms with van der Waals surface area (Å²) >= 11 is 5.83. The van der Waals surface area contributed by atoms with Crippen molar-refractivity contribution < 1.29 is 18.7 Å². The molecule has 2 aromatic rings. The summed E-state index contributed by atoms with van der Waals surface area (Å²) in [5.41, 5.74) is 5.51. The van der Waals surface area contributed by atoms with Crippen molar-refractivity contribution in [2.24, 2.45) is 0 Å². The van der Waals surface area contributed by atoms with Gasteiger partial charge in [-0.25, -0.2) is 4.98 Å². The van der Waals surface area contributed by atoms with Crippen LogP contribution in [0.3, 0.4) is 0 Å². The molecule has 0 radical (unpaired) electrons. The topological polar surface area (TPSA) is 125 Å². The molecule has 3 atom stereocenters. The summed E-state index contributed by atoms with van der Waals surface area (Å²) in [4.78, 5) is 20.9. The molecule has 1 fully saturated rings. The van der Waals surface area contributed by atoms with E-state index in [0.29, 0.717) is 24.0 Å². The summed E-state index contributed by atoms with van der Waals surface area (Å²) in [5, 5.41) is -0.00132. The van der Waals surface area contributed by atoms with E-state index in [0.717, 1.165) is 0 Å². The molecule has 0 aliphatic carbocycles. The molecule has 2 aromatic heterocycles. The zero-order valence-electron chi connectivity index (χ0n) is 11.7. The van der Waals surface area contributed by atoms with E-state index in [4.69, 9.17) is 37.9 Å². The zero-order chi connectivity index (χ0) is 16.6. The van der Waals surface area contributed by atoms with E-state index in [9.17, 15) is 4.57 Å². The van der Waals surface area contributed by atoms with Crippen LogP contribution in [0.15, 0.2) is 6.33 Å². The maximum absolute atomic E-state index is 10.7. The molecule has 0 saturated carbocycles. The van der Waals surface area contributed by atoms with Gasteiger partial charge in [0.25, 0.3) is 0 Å². The molecule has 120 valence electrons. The number of nitrogen functional groups attached to an aromatic ring is 1. The van der Waals surface area contributed by atoms with Crippen molar-refractivity contribution in [2.75, 3.05) is 12.3 Å². The van der Waals surface area contributed by atoms with Gasteiger partial charge in [0, 0.05) is 4.57 Å². The lowest BCUT2D eigenvalue weighted by Crippen LogP contribution is -2.31. The fraction of sp³-hybridized carbons (Fsp3) is 0.417. The van der Waals surface area contributed by atoms with Crippen LogP contribution in [-0.4, -0.2) is 36.6 Å². The Hall–Kier alpha value is -1.82. The smallest absolute Gasteiger partial charge is 0.382 e. The number of halogens is 1. The van der Waals surface area contributed by atoms with Gasteiger partial charge in [0.15, 0.2) is 17.1 Å². The average molecular weight is 357 g/mol. The molecule has 1 aliphatic heterocycles. The molecule has 3 unspecified atom stereocenters. The van der Waals surface area contributed by atoms with Gasteiger partial charge in [-0.15, -0.1) is 15.8 Å². The zero-order valence-corrected chi connectivity index (χ0v) is 13.4. The minimum Gasteiger partial charge on any atom is -0.382 e. The third kappa shape index (κ3) is 3.00. The van der Waals surface area contributed by atoms with E-state index in [1.807, 2.05) is 0 Å². The number of hydrogen-bond donors (Lipinski definition) is 2. The van der Waals surface area contributed by atoms with Gasteiger partial charge in [0.1, 0.15) is 18.4 Å². The van der Waals surface area contributed by atoms with Crippen molar-refractivity contribution in [1.82, 2.24) is 19.5 Å². The van der Waals surface area contributed by atoms with Crippen molar-refractivity contribution in [3.05, 3.63) is 11.6 Å². The quantitative estimate of drug-likeness (QED) is 0.478. The van der Waals surface area contributed by atoms with Crippen LogP contribution in [0.2, 0.25) is 5.28 Å². The number of hydrogen-bond acceptors (Lipinski definition) is 7. The monoisotopic (exact) mass is 356 g/mol. The highest BCUT2D eigenvalue weighted by Crippen LogP contribution is 2.39. The predicted octanol–water partition coefficient (Wildman–Crippen LogP) is 1.41. The van der Waals surface area contributed by atoms with Gasteiger partial charge in [-0.1, -0.05) is 5.92 Å². The average Bonchev–Trinajstić information content (AvgIpc) is 3.09. The first-order valence-electron chi connectivity index (χ1n) is 6.54. The van der Waals surface area contributed by atoms with Crippen molar-refractivity contribution >= 4 is 36.8 Å². The largest absolute Gasteiger partial charge is 0.694 e. The maximum Gasteiger partial charge on any atom is 0.694 e. The molecule has 9 nitrogen and oxygen atoms in total. The van der Waals surface area contributed by atoms with Gasteiger partial charge >= 0.3 is 8.25 Å². The van der Waals surface area contributed by atoms with Crippen molar-refractivity contribution in [3.8, 4) is 12.3 Å². The van der Waals surface area contributed by atoms with Gasteiger partial charge < -0.3 is 10.5 Å². The maximum atomic E-state index is 10.7. The second kappa shape index (κ2) is 6.00. The number of nitrogens with zero attached hydrogens (tertiary/aromatic N) is 4. The molecular weight excluding hydrogens is 345 g/mol. The Morgan fingerprint density at radius 2 is 2.48 bits per heavy atom. The summed E-state index contributed by atoms with van der Waals surface area (Å²) in [6.45, 7) is -0.184. The Morgan fingerprint density at radius 3 is 3.17 bits per heavy atom. The molecule has 3 N–H and O–H groups in total. The first kappa shape index (κ1) is 16.1. The van der Waals surface area contributed by atoms with Crippen LogP contribution < -0.4 is 5.73 Å². The SMILES string of the molecule is C#CC1(CO[P+](=O)O)CCC(n2cnc3c(N)nc(Cl)nc32)O1. The van der Waals surface area contributed by atoms with Crippen LogP contribution in [0, 0.1) is 12.3 Å². The van der Waals surface area contributed by atoms with Gasteiger partial charge in [-0.3, -0.25) is 4.57 Å². The van der Waals surface area contributed by atoms with E-state index in [1.165, 1.54) is 6.33 Å². The van der Waals surface area contributed by atoms with E-state index in [2.05, 4.69) is 20.9 Å². The lowest BCUT2D eigenvalue weighted by atomic mass is 10.0. The van der Waals surface area contributed by atoms with E-state index < -0.39 is 20.1 Å². The Morgan fingerprint density at radius 1 is 1.70 bits per heavy atom. The number of ether oxygens (including phenoxy) is 1. The van der Waals surface area contributed by atoms with Crippen LogP contribution in [-0.2, 0) is 13.8 Å². The fourth-order valence-electron chi connectivity index (χ4n) is 2.47. The molecule has 0 bridgehead atoms. The van der Waals surface area contributed by atoms with Crippen molar-refractivity contribution in [3.63, 3.8) is 0 Å². The molecule has 23 heavy (non-hydrogen) atoms. The van der Waals surface area contributed by atoms with Gasteiger partial charge in [-0.05, 0) is 24.4 Å². The molecule has 3 rings (SSSR count). The summed E-state index contributed by atoms with van der Waals surface area (Å²) in [7, 11) is -2.75. The van der Waals surface area contributed by atoms with Crippen LogP contribution in [0.25, 0.3) is 11.2 Å². The summed E-state index contributed by atoms with van der Waals surface area (Å²) in [5.74, 6) is 2.66. The van der Waals surface area contributed by atoms with Gasteiger partial charge in [-0.2, -0.15) is 9.97 Å². The summed E-state index contributed by atoms with van der Waals surface area (Å²) in [6, 6.07) is 0. The highest BCUT2D eigenvalue weighted by Gasteiger charge is 2.43. The molecule has 11 heteroatoms. The number of terminal acetylenes is 1. The second-order valence-corrected chi connectivity index (χ2v) is 6.03. The third-order valence-electron chi connectivity index (χ3n) is 3.56. The summed E-state index contributed by atoms with van der Waals surface area (Å²) < 4.78 is 22.9. The van der Waals surface area contributed by atoms with E-state index in [-0.39, 0.29) is 17.7 Å². The number of anilines is 1. The molecule has 3 heterocycles. The molecule has 1 saturated heterocycles. The minimum atomic E-state index is -2.75. The van der Waals surface area contributed by atoms with Crippen LogP contribution in [0.4, 0.5) is 5.82 Å². The summed E-state index contributed by atoms with van der Waals surface area (Å²) in [6.07, 6.45) is 7.54. The van der Waals surface area contributed by atoms with Crippen LogP contribution >= 0.6 is 19.9 Å².